The van der Waals surface area contributed by atoms with Gasteiger partial charge < -0.3 is 16.2 Å². The number of unbranched alkanes of at least 4 members (excludes halogenated alkanes) is 3. The summed E-state index contributed by atoms with van der Waals surface area (Å²) in [6.45, 7) is 1.32. The Balaban J connectivity index is 2.34. The fourth-order valence-corrected chi connectivity index (χ4v) is 1.81. The van der Waals surface area contributed by atoms with Crippen LogP contribution in [0.25, 0.3) is 0 Å². The minimum absolute atomic E-state index is 0.0347. The number of benzene rings is 1. The lowest BCUT2D eigenvalue weighted by Gasteiger charge is -2.07. The Bertz CT molecular complexity index is 397. The van der Waals surface area contributed by atoms with Gasteiger partial charge in [0.1, 0.15) is 5.75 Å². The second kappa shape index (κ2) is 7.95. The third-order valence-corrected chi connectivity index (χ3v) is 2.94. The Morgan fingerprint density at radius 3 is 2.72 bits per heavy atom. The first-order valence-corrected chi connectivity index (χ1v) is 6.49. The summed E-state index contributed by atoms with van der Waals surface area (Å²) in [5, 5.41) is 12.4. The molecule has 0 saturated carbocycles. The minimum Gasteiger partial charge on any atom is -0.508 e. The zero-order valence-corrected chi connectivity index (χ0v) is 11.0. The molecule has 0 aliphatic carbocycles. The third kappa shape index (κ3) is 4.94. The van der Waals surface area contributed by atoms with Gasteiger partial charge in [-0.05, 0) is 37.6 Å². The van der Waals surface area contributed by atoms with E-state index in [9.17, 15) is 9.90 Å². The van der Waals surface area contributed by atoms with Crippen LogP contribution in [0.5, 0.6) is 5.75 Å². The summed E-state index contributed by atoms with van der Waals surface area (Å²) in [6, 6.07) is 4.32. The van der Waals surface area contributed by atoms with Crippen LogP contribution in [0.4, 0.5) is 0 Å². The van der Waals surface area contributed by atoms with Crippen molar-refractivity contribution in [3.8, 4) is 5.75 Å². The molecular formula is C13H19ClN2O2. The largest absolute Gasteiger partial charge is 0.508 e. The van der Waals surface area contributed by atoms with Crippen LogP contribution in [-0.2, 0) is 0 Å². The van der Waals surface area contributed by atoms with Crippen LogP contribution in [0, 0.1) is 0 Å². The van der Waals surface area contributed by atoms with E-state index >= 15 is 0 Å². The topological polar surface area (TPSA) is 75.3 Å². The number of aromatic hydroxyl groups is 1. The maximum absolute atomic E-state index is 11.8. The van der Waals surface area contributed by atoms with E-state index in [1.54, 1.807) is 0 Å². The number of phenolic OH excluding ortho intramolecular Hbond substituents is 1. The van der Waals surface area contributed by atoms with Crippen molar-refractivity contribution in [2.24, 2.45) is 5.73 Å². The molecule has 1 aromatic rings. The molecule has 0 aromatic heterocycles. The SMILES string of the molecule is NCCCCCCNC(=O)c1cc(O)ccc1Cl. The number of hydrogen-bond acceptors (Lipinski definition) is 3. The van der Waals surface area contributed by atoms with Gasteiger partial charge in [0.2, 0.25) is 0 Å². The van der Waals surface area contributed by atoms with Crippen molar-refractivity contribution in [3.05, 3.63) is 28.8 Å². The fourth-order valence-electron chi connectivity index (χ4n) is 1.61. The van der Waals surface area contributed by atoms with Crippen molar-refractivity contribution in [1.82, 2.24) is 5.32 Å². The number of nitrogens with one attached hydrogen (secondary N) is 1. The Hall–Kier alpha value is -1.26. The number of nitrogens with two attached hydrogens (primary N) is 1. The van der Waals surface area contributed by atoms with Crippen molar-refractivity contribution >= 4 is 17.5 Å². The Kier molecular flexibility index (Phi) is 6.54. The molecule has 0 fully saturated rings. The Morgan fingerprint density at radius 2 is 2.00 bits per heavy atom. The molecule has 18 heavy (non-hydrogen) atoms. The van der Waals surface area contributed by atoms with Gasteiger partial charge in [-0.2, -0.15) is 0 Å². The third-order valence-electron chi connectivity index (χ3n) is 2.61. The molecule has 1 rings (SSSR count). The predicted molar refractivity (Wildman–Crippen MR) is 73.0 cm³/mol. The molecule has 5 heteroatoms. The minimum atomic E-state index is -0.255. The van der Waals surface area contributed by atoms with E-state index in [-0.39, 0.29) is 11.7 Å². The summed E-state index contributed by atoms with van der Waals surface area (Å²) < 4.78 is 0. The van der Waals surface area contributed by atoms with Crippen molar-refractivity contribution in [1.29, 1.82) is 0 Å². The van der Waals surface area contributed by atoms with Gasteiger partial charge in [0.25, 0.3) is 5.91 Å². The smallest absolute Gasteiger partial charge is 0.252 e. The van der Waals surface area contributed by atoms with Crippen LogP contribution in [0.3, 0.4) is 0 Å². The van der Waals surface area contributed by atoms with Gasteiger partial charge >= 0.3 is 0 Å². The van der Waals surface area contributed by atoms with E-state index < -0.39 is 0 Å². The van der Waals surface area contributed by atoms with Gasteiger partial charge in [-0.15, -0.1) is 0 Å². The molecule has 0 heterocycles. The summed E-state index contributed by atoms with van der Waals surface area (Å²) in [5.41, 5.74) is 5.69. The average Bonchev–Trinajstić information content (AvgIpc) is 2.36. The van der Waals surface area contributed by atoms with Crippen molar-refractivity contribution in [2.45, 2.75) is 25.7 Å². The first kappa shape index (κ1) is 14.8. The van der Waals surface area contributed by atoms with Gasteiger partial charge in [-0.25, -0.2) is 0 Å². The highest BCUT2D eigenvalue weighted by Crippen LogP contribution is 2.20. The predicted octanol–water partition coefficient (Wildman–Crippen LogP) is 2.29. The molecule has 0 aliphatic heterocycles. The highest BCUT2D eigenvalue weighted by Gasteiger charge is 2.10. The highest BCUT2D eigenvalue weighted by molar-refractivity contribution is 6.33. The van der Waals surface area contributed by atoms with Crippen LogP contribution >= 0.6 is 11.6 Å². The van der Waals surface area contributed by atoms with E-state index in [1.165, 1.54) is 18.2 Å². The summed E-state index contributed by atoms with van der Waals surface area (Å²) in [7, 11) is 0. The van der Waals surface area contributed by atoms with Gasteiger partial charge in [0.15, 0.2) is 0 Å². The summed E-state index contributed by atoms with van der Waals surface area (Å²) in [6.07, 6.45) is 4.07. The monoisotopic (exact) mass is 270 g/mol. The zero-order chi connectivity index (χ0) is 13.4. The van der Waals surface area contributed by atoms with Crippen LogP contribution in [0.15, 0.2) is 18.2 Å². The Labute approximate surface area is 112 Å². The van der Waals surface area contributed by atoms with Crippen molar-refractivity contribution in [2.75, 3.05) is 13.1 Å². The molecular weight excluding hydrogens is 252 g/mol. The Morgan fingerprint density at radius 1 is 1.28 bits per heavy atom. The lowest BCUT2D eigenvalue weighted by Crippen LogP contribution is -2.24. The number of carbonyl (C=O) groups excluding carboxylic acids is 1. The lowest BCUT2D eigenvalue weighted by atomic mass is 10.1. The second-order valence-electron chi connectivity index (χ2n) is 4.12. The standard InChI is InChI=1S/C13H19ClN2O2/c14-12-6-5-10(17)9-11(12)13(18)16-8-4-2-1-3-7-15/h5-6,9,17H,1-4,7-8,15H2,(H,16,18). The second-order valence-corrected chi connectivity index (χ2v) is 4.53. The maximum atomic E-state index is 11.8. The van der Waals surface area contributed by atoms with Gasteiger partial charge in [0.05, 0.1) is 10.6 Å². The molecule has 1 amide bonds. The van der Waals surface area contributed by atoms with E-state index in [0.29, 0.717) is 23.7 Å². The van der Waals surface area contributed by atoms with E-state index in [1.807, 2.05) is 0 Å². The molecule has 4 N–H and O–H groups in total. The highest BCUT2D eigenvalue weighted by atomic mass is 35.5. The number of hydrogen-bond donors (Lipinski definition) is 3. The summed E-state index contributed by atoms with van der Waals surface area (Å²) >= 11 is 5.89. The van der Waals surface area contributed by atoms with E-state index in [2.05, 4.69) is 5.32 Å². The van der Waals surface area contributed by atoms with E-state index in [0.717, 1.165) is 25.7 Å². The van der Waals surface area contributed by atoms with Gasteiger partial charge in [0, 0.05) is 6.54 Å². The first-order valence-electron chi connectivity index (χ1n) is 6.12. The van der Waals surface area contributed by atoms with Crippen molar-refractivity contribution < 1.29 is 9.90 Å². The number of phenols is 1. The lowest BCUT2D eigenvalue weighted by molar-refractivity contribution is 0.0952. The quantitative estimate of drug-likeness (QED) is 0.666. The van der Waals surface area contributed by atoms with E-state index in [4.69, 9.17) is 17.3 Å². The molecule has 0 spiro atoms. The van der Waals surface area contributed by atoms with Crippen LogP contribution in [-0.4, -0.2) is 24.1 Å². The molecule has 100 valence electrons. The molecule has 1 aromatic carbocycles. The molecule has 0 aliphatic rings. The molecule has 0 radical (unpaired) electrons. The van der Waals surface area contributed by atoms with Crippen LogP contribution in [0.2, 0.25) is 5.02 Å². The number of carbonyl (C=O) groups is 1. The fraction of sp³-hybridized carbons (Fsp3) is 0.462. The number of rotatable bonds is 7. The maximum Gasteiger partial charge on any atom is 0.252 e. The molecule has 0 bridgehead atoms. The number of amides is 1. The number of halogens is 1. The van der Waals surface area contributed by atoms with Gasteiger partial charge in [-0.3, -0.25) is 4.79 Å². The molecule has 0 unspecified atom stereocenters. The molecule has 0 atom stereocenters. The average molecular weight is 271 g/mol. The molecule has 4 nitrogen and oxygen atoms in total. The summed E-state index contributed by atoms with van der Waals surface area (Å²) in [5.74, 6) is -0.220. The van der Waals surface area contributed by atoms with Crippen LogP contribution in [0.1, 0.15) is 36.0 Å². The van der Waals surface area contributed by atoms with Crippen molar-refractivity contribution in [3.63, 3.8) is 0 Å². The zero-order valence-electron chi connectivity index (χ0n) is 10.3. The normalized spacial score (nSPS) is 10.3. The summed E-state index contributed by atoms with van der Waals surface area (Å²) in [4.78, 5) is 11.8. The first-order chi connectivity index (χ1) is 8.65. The molecule has 0 saturated heterocycles. The van der Waals surface area contributed by atoms with Crippen LogP contribution < -0.4 is 11.1 Å². The van der Waals surface area contributed by atoms with Gasteiger partial charge in [-0.1, -0.05) is 24.4 Å².